The van der Waals surface area contributed by atoms with Crippen LogP contribution < -0.4 is 15.6 Å². The molecule has 2 amide bonds. The number of fused-ring (bicyclic) bond motifs is 3. The van der Waals surface area contributed by atoms with Crippen LogP contribution in [0.25, 0.3) is 21.6 Å². The first-order valence-corrected chi connectivity index (χ1v) is 16.4. The number of carbonyl (C=O) groups is 2. The molecule has 6 rings (SSSR count). The Hall–Kier alpha value is -3.98. The second kappa shape index (κ2) is 11.9. The van der Waals surface area contributed by atoms with Crippen LogP contribution in [0.1, 0.15) is 56.8 Å². The lowest BCUT2D eigenvalue weighted by Crippen LogP contribution is -2.67. The molecular formula is C31H33ClF3N7O4S. The fourth-order valence-corrected chi connectivity index (χ4v) is 7.16. The molecule has 1 aliphatic heterocycles. The number of amides is 2. The number of nitrogens with zero attached hydrogens (tertiary/aromatic N) is 6. The first kappa shape index (κ1) is 32.9. The highest BCUT2D eigenvalue weighted by Crippen LogP contribution is 2.39. The van der Waals surface area contributed by atoms with E-state index in [1.165, 1.54) is 11.3 Å². The number of nitrogens with one attached hydrogen (secondary N) is 1. The van der Waals surface area contributed by atoms with Gasteiger partial charge >= 0.3 is 12.3 Å². The highest BCUT2D eigenvalue weighted by Gasteiger charge is 2.47. The minimum Gasteiger partial charge on any atom is -0.444 e. The van der Waals surface area contributed by atoms with Crippen LogP contribution in [0.15, 0.2) is 23.0 Å². The molecule has 16 heteroatoms. The van der Waals surface area contributed by atoms with Gasteiger partial charge in [-0.15, -0.1) is 0 Å². The van der Waals surface area contributed by atoms with Crippen LogP contribution in [0.4, 0.5) is 29.3 Å². The van der Waals surface area contributed by atoms with Gasteiger partial charge in [-0.3, -0.25) is 9.59 Å². The molecule has 0 bridgehead atoms. The van der Waals surface area contributed by atoms with Gasteiger partial charge in [-0.25, -0.2) is 19.7 Å². The molecular weight excluding hydrogens is 659 g/mol. The predicted octanol–water partition coefficient (Wildman–Crippen LogP) is 6.17. The normalized spacial score (nSPS) is 18.3. The number of hydrogen-bond donors (Lipinski definition) is 1. The van der Waals surface area contributed by atoms with Crippen LogP contribution in [-0.2, 0) is 28.7 Å². The van der Waals surface area contributed by atoms with Gasteiger partial charge in [-0.05, 0) is 65.2 Å². The molecule has 0 radical (unpaired) electrons. The Labute approximate surface area is 276 Å². The lowest BCUT2D eigenvalue weighted by atomic mass is 9.81. The quantitative estimate of drug-likeness (QED) is 0.264. The molecule has 250 valence electrons. The zero-order chi connectivity index (χ0) is 34.0. The first-order valence-electron chi connectivity index (χ1n) is 15.2. The number of thiazole rings is 1. The van der Waals surface area contributed by atoms with Crippen molar-refractivity contribution in [3.8, 4) is 0 Å². The Morgan fingerprint density at radius 2 is 1.83 bits per heavy atom. The molecule has 1 N–H and O–H groups in total. The van der Waals surface area contributed by atoms with Gasteiger partial charge in [0.05, 0.1) is 27.3 Å². The second-order valence-electron chi connectivity index (χ2n) is 12.6. The largest absolute Gasteiger partial charge is 0.444 e. The standard InChI is InChI=1S/C31H33ClF3N7O4S/c1-6-19-24(40-11-12-41(21-10-9-20(21)40)29(45)46-30(3,4)5)25(44)23-27(39-28-26(38-23)36-15(2)47-28)42(19)14-22(43)37-18-8-7-16(13-17(18)32)31(33,34)35/h7-8,13,20-21H,6,9-12,14H2,1-5H3,(H,37,43)/t20-,21-/m0/s1. The third-order valence-corrected chi connectivity index (χ3v) is 9.49. The average molecular weight is 692 g/mol. The molecule has 11 nitrogen and oxygen atoms in total. The lowest BCUT2D eigenvalue weighted by Gasteiger charge is -2.54. The number of hydrogen-bond acceptors (Lipinski definition) is 9. The summed E-state index contributed by atoms with van der Waals surface area (Å²) in [5.41, 5.74) is -0.467. The number of halogens is 4. The molecule has 2 aliphatic rings. The van der Waals surface area contributed by atoms with Gasteiger partial charge in [-0.1, -0.05) is 29.9 Å². The molecule has 2 fully saturated rings. The van der Waals surface area contributed by atoms with E-state index in [0.717, 1.165) is 31.0 Å². The summed E-state index contributed by atoms with van der Waals surface area (Å²) in [4.78, 5) is 58.9. The van der Waals surface area contributed by atoms with Crippen molar-refractivity contribution in [1.82, 2.24) is 24.4 Å². The van der Waals surface area contributed by atoms with E-state index in [4.69, 9.17) is 21.3 Å². The number of aromatic nitrogens is 4. The van der Waals surface area contributed by atoms with E-state index in [2.05, 4.69) is 15.3 Å². The zero-order valence-electron chi connectivity index (χ0n) is 26.4. The topological polar surface area (TPSA) is 123 Å². The van der Waals surface area contributed by atoms with Crippen molar-refractivity contribution in [2.75, 3.05) is 23.3 Å². The van der Waals surface area contributed by atoms with Crippen molar-refractivity contribution < 1.29 is 27.5 Å². The molecule has 1 aliphatic carbocycles. The van der Waals surface area contributed by atoms with Gasteiger partial charge in [0.15, 0.2) is 21.6 Å². The lowest BCUT2D eigenvalue weighted by molar-refractivity contribution is -0.137. The van der Waals surface area contributed by atoms with Crippen LogP contribution in [0.2, 0.25) is 5.02 Å². The van der Waals surface area contributed by atoms with Crippen LogP contribution >= 0.6 is 22.9 Å². The Morgan fingerprint density at radius 1 is 1.11 bits per heavy atom. The summed E-state index contributed by atoms with van der Waals surface area (Å²) in [7, 11) is 0. The van der Waals surface area contributed by atoms with Crippen LogP contribution in [0, 0.1) is 6.92 Å². The van der Waals surface area contributed by atoms with E-state index in [1.54, 1.807) is 16.4 Å². The SMILES string of the molecule is CCc1c(N2CCN(C(=O)OC(C)(C)C)[C@H]3CC[C@@H]32)c(=O)c2nc3nc(C)sc3nc2n1CC(=O)Nc1ccc(C(F)(F)F)cc1Cl. The maximum Gasteiger partial charge on any atom is 0.416 e. The van der Waals surface area contributed by atoms with Gasteiger partial charge in [0.25, 0.3) is 0 Å². The van der Waals surface area contributed by atoms with Crippen molar-refractivity contribution >= 4 is 68.0 Å². The maximum atomic E-state index is 14.3. The summed E-state index contributed by atoms with van der Waals surface area (Å²) in [5.74, 6) is -0.587. The van der Waals surface area contributed by atoms with E-state index < -0.39 is 29.3 Å². The number of ether oxygens (including phenoxy) is 1. The van der Waals surface area contributed by atoms with Crippen molar-refractivity contribution in [2.45, 2.75) is 84.3 Å². The van der Waals surface area contributed by atoms with E-state index >= 15 is 0 Å². The van der Waals surface area contributed by atoms with Crippen molar-refractivity contribution in [1.29, 1.82) is 0 Å². The molecule has 4 heterocycles. The molecule has 47 heavy (non-hydrogen) atoms. The number of piperazine rings is 1. The minimum absolute atomic E-state index is 0.00965. The van der Waals surface area contributed by atoms with E-state index in [-0.39, 0.29) is 45.9 Å². The van der Waals surface area contributed by atoms with Gasteiger partial charge < -0.3 is 24.4 Å². The summed E-state index contributed by atoms with van der Waals surface area (Å²) in [6.07, 6.45) is -3.15. The fourth-order valence-electron chi connectivity index (χ4n) is 6.21. The number of alkyl halides is 3. The number of anilines is 2. The molecule has 3 aromatic heterocycles. The average Bonchev–Trinajstić information content (AvgIpc) is 3.32. The summed E-state index contributed by atoms with van der Waals surface area (Å²) in [6, 6.07) is 2.38. The molecule has 4 aromatic rings. The molecule has 2 atom stereocenters. The van der Waals surface area contributed by atoms with Gasteiger partial charge in [-0.2, -0.15) is 13.2 Å². The molecule has 1 saturated carbocycles. The summed E-state index contributed by atoms with van der Waals surface area (Å²) < 4.78 is 46.8. The highest BCUT2D eigenvalue weighted by atomic mass is 35.5. The van der Waals surface area contributed by atoms with Gasteiger partial charge in [0.2, 0.25) is 11.3 Å². The van der Waals surface area contributed by atoms with Crippen molar-refractivity contribution in [3.63, 3.8) is 0 Å². The number of aryl methyl sites for hydroxylation is 1. The summed E-state index contributed by atoms with van der Waals surface area (Å²) in [5, 5.41) is 3.04. The summed E-state index contributed by atoms with van der Waals surface area (Å²) >= 11 is 7.42. The Bertz CT molecular complexity index is 1970. The summed E-state index contributed by atoms with van der Waals surface area (Å²) in [6.45, 7) is 9.47. The second-order valence-corrected chi connectivity index (χ2v) is 14.2. The number of rotatable bonds is 5. The molecule has 0 spiro atoms. The van der Waals surface area contributed by atoms with E-state index in [0.29, 0.717) is 46.4 Å². The van der Waals surface area contributed by atoms with Crippen LogP contribution in [0.3, 0.4) is 0 Å². The fraction of sp³-hybridized carbons (Fsp3) is 0.484. The minimum atomic E-state index is -4.59. The smallest absolute Gasteiger partial charge is 0.416 e. The van der Waals surface area contributed by atoms with E-state index in [1.807, 2.05) is 32.6 Å². The van der Waals surface area contributed by atoms with Crippen LogP contribution in [-0.4, -0.2) is 67.2 Å². The van der Waals surface area contributed by atoms with Gasteiger partial charge in [0, 0.05) is 24.8 Å². The van der Waals surface area contributed by atoms with Gasteiger partial charge in [0.1, 0.15) is 17.8 Å². The molecule has 0 unspecified atom stereocenters. The predicted molar refractivity (Wildman–Crippen MR) is 173 cm³/mol. The third kappa shape index (κ3) is 6.22. The maximum absolute atomic E-state index is 14.3. The molecule has 1 aromatic carbocycles. The van der Waals surface area contributed by atoms with Crippen molar-refractivity contribution in [2.24, 2.45) is 0 Å². The monoisotopic (exact) mass is 691 g/mol. The first-order chi connectivity index (χ1) is 22.1. The number of benzene rings is 1. The third-order valence-electron chi connectivity index (χ3n) is 8.33. The Kier molecular flexibility index (Phi) is 8.35. The number of pyridine rings is 1. The van der Waals surface area contributed by atoms with E-state index in [9.17, 15) is 27.6 Å². The Balaban J connectivity index is 1.41. The number of carbonyl (C=O) groups excluding carboxylic acids is 2. The Morgan fingerprint density at radius 3 is 2.45 bits per heavy atom. The van der Waals surface area contributed by atoms with Crippen molar-refractivity contribution in [3.05, 3.63) is 49.7 Å². The highest BCUT2D eigenvalue weighted by molar-refractivity contribution is 7.18. The van der Waals surface area contributed by atoms with Crippen LogP contribution in [0.5, 0.6) is 0 Å². The zero-order valence-corrected chi connectivity index (χ0v) is 27.9. The molecule has 1 saturated heterocycles.